The number of rotatable bonds is 4. The number of carbonyl (C=O) groups is 1. The largest absolute Gasteiger partial charge is 0.383 e. The molecular formula is C8H19NO2. The quantitative estimate of drug-likeness (QED) is 0.579. The Balaban J connectivity index is 0. The highest BCUT2D eigenvalue weighted by Crippen LogP contribution is 1.73. The second kappa shape index (κ2) is 12.1. The number of hydrogen-bond acceptors (Lipinski definition) is 2. The third-order valence-electron chi connectivity index (χ3n) is 0.828. The van der Waals surface area contributed by atoms with Gasteiger partial charge in [-0.1, -0.05) is 20.3 Å². The van der Waals surface area contributed by atoms with Crippen molar-refractivity contribution in [2.45, 2.75) is 20.3 Å². The Hall–Kier alpha value is -0.570. The molecule has 0 spiro atoms. The third kappa shape index (κ3) is 17.7. The predicted molar refractivity (Wildman–Crippen MR) is 46.5 cm³/mol. The Bertz CT molecular complexity index is 76.5. The summed E-state index contributed by atoms with van der Waals surface area (Å²) in [6.45, 7) is 5.52. The number of likely N-dealkylation sites (N-methyl/N-ethyl adjacent to an activating group) is 1. The van der Waals surface area contributed by atoms with Crippen molar-refractivity contribution < 1.29 is 9.53 Å². The summed E-state index contributed by atoms with van der Waals surface area (Å²) in [5, 5.41) is 0. The average Bonchev–Trinajstić information content (AvgIpc) is 2.02. The van der Waals surface area contributed by atoms with Gasteiger partial charge in [-0.25, -0.2) is 0 Å². The molecule has 0 saturated carbocycles. The molecule has 0 saturated heterocycles. The molecule has 0 atom stereocenters. The standard InChI is InChI=1S/C5H11NO2.C3H8/c1-6(5-7)3-4-8-2;1-3-2/h5H,3-4H2,1-2H3;3H2,1-2H3. The van der Waals surface area contributed by atoms with Gasteiger partial charge in [0.1, 0.15) is 0 Å². The van der Waals surface area contributed by atoms with Crippen molar-refractivity contribution in [3.05, 3.63) is 0 Å². The summed E-state index contributed by atoms with van der Waals surface area (Å²) in [6, 6.07) is 0. The van der Waals surface area contributed by atoms with Gasteiger partial charge < -0.3 is 9.64 Å². The highest BCUT2D eigenvalue weighted by Gasteiger charge is 1.88. The van der Waals surface area contributed by atoms with Crippen LogP contribution in [-0.2, 0) is 9.53 Å². The predicted octanol–water partition coefficient (Wildman–Crippen LogP) is 1.14. The molecule has 3 heteroatoms. The van der Waals surface area contributed by atoms with Crippen LogP contribution in [0, 0.1) is 0 Å². The number of carbonyl (C=O) groups excluding carboxylic acids is 1. The second-order valence-corrected chi connectivity index (χ2v) is 2.29. The molecule has 0 aromatic heterocycles. The van der Waals surface area contributed by atoms with Crippen molar-refractivity contribution in [3.8, 4) is 0 Å². The van der Waals surface area contributed by atoms with Gasteiger partial charge in [-0.2, -0.15) is 0 Å². The maximum atomic E-state index is 9.88. The van der Waals surface area contributed by atoms with Crippen molar-refractivity contribution >= 4 is 6.41 Å². The minimum absolute atomic E-state index is 0.606. The molecule has 11 heavy (non-hydrogen) atoms. The summed E-state index contributed by atoms with van der Waals surface area (Å²) in [5.41, 5.74) is 0. The van der Waals surface area contributed by atoms with Crippen LogP contribution >= 0.6 is 0 Å². The fourth-order valence-corrected chi connectivity index (χ4v) is 0.288. The zero-order chi connectivity index (χ0) is 9.11. The lowest BCUT2D eigenvalue weighted by atomic mass is 10.6. The van der Waals surface area contributed by atoms with Crippen LogP contribution in [0.5, 0.6) is 0 Å². The van der Waals surface area contributed by atoms with E-state index in [-0.39, 0.29) is 0 Å². The van der Waals surface area contributed by atoms with E-state index < -0.39 is 0 Å². The number of ether oxygens (including phenoxy) is 1. The van der Waals surface area contributed by atoms with Crippen LogP contribution in [0.25, 0.3) is 0 Å². The first-order valence-corrected chi connectivity index (χ1v) is 3.87. The van der Waals surface area contributed by atoms with E-state index in [4.69, 9.17) is 4.74 Å². The van der Waals surface area contributed by atoms with E-state index in [1.807, 2.05) is 0 Å². The molecule has 1 amide bonds. The van der Waals surface area contributed by atoms with Gasteiger partial charge in [0.25, 0.3) is 0 Å². The lowest BCUT2D eigenvalue weighted by Crippen LogP contribution is -2.20. The van der Waals surface area contributed by atoms with Gasteiger partial charge in [0.05, 0.1) is 6.61 Å². The van der Waals surface area contributed by atoms with E-state index in [9.17, 15) is 4.79 Å². The molecule has 0 aromatic carbocycles. The van der Waals surface area contributed by atoms with Crippen molar-refractivity contribution in [1.29, 1.82) is 0 Å². The highest BCUT2D eigenvalue weighted by molar-refractivity contribution is 5.46. The van der Waals surface area contributed by atoms with Crippen LogP contribution in [0.15, 0.2) is 0 Å². The first-order chi connectivity index (χ1) is 5.22. The fourth-order valence-electron chi connectivity index (χ4n) is 0.288. The maximum Gasteiger partial charge on any atom is 0.209 e. The molecule has 0 heterocycles. The summed E-state index contributed by atoms with van der Waals surface area (Å²) < 4.78 is 4.71. The summed E-state index contributed by atoms with van der Waals surface area (Å²) in [6.07, 6.45) is 2.03. The Morgan fingerprint density at radius 2 is 1.91 bits per heavy atom. The van der Waals surface area contributed by atoms with E-state index >= 15 is 0 Å². The molecule has 0 fully saturated rings. The topological polar surface area (TPSA) is 29.5 Å². The Labute approximate surface area is 69.3 Å². The monoisotopic (exact) mass is 161 g/mol. The first kappa shape index (κ1) is 13.1. The van der Waals surface area contributed by atoms with Crippen molar-refractivity contribution in [3.63, 3.8) is 0 Å². The Morgan fingerprint density at radius 3 is 2.18 bits per heavy atom. The minimum atomic E-state index is 0.606. The minimum Gasteiger partial charge on any atom is -0.383 e. The van der Waals surface area contributed by atoms with Crippen molar-refractivity contribution in [2.24, 2.45) is 0 Å². The highest BCUT2D eigenvalue weighted by atomic mass is 16.5. The van der Waals surface area contributed by atoms with Gasteiger partial charge in [0.15, 0.2) is 0 Å². The third-order valence-corrected chi connectivity index (χ3v) is 0.828. The van der Waals surface area contributed by atoms with Gasteiger partial charge in [0.2, 0.25) is 6.41 Å². The van der Waals surface area contributed by atoms with Gasteiger partial charge >= 0.3 is 0 Å². The van der Waals surface area contributed by atoms with Crippen LogP contribution in [0.3, 0.4) is 0 Å². The summed E-state index contributed by atoms with van der Waals surface area (Å²) in [4.78, 5) is 11.4. The van der Waals surface area contributed by atoms with E-state index in [1.165, 1.54) is 11.3 Å². The molecule has 0 radical (unpaired) electrons. The molecule has 3 nitrogen and oxygen atoms in total. The maximum absolute atomic E-state index is 9.88. The van der Waals surface area contributed by atoms with E-state index in [2.05, 4.69) is 13.8 Å². The molecule has 0 unspecified atom stereocenters. The molecule has 68 valence electrons. The van der Waals surface area contributed by atoms with E-state index in [0.29, 0.717) is 13.2 Å². The smallest absolute Gasteiger partial charge is 0.209 e. The van der Waals surface area contributed by atoms with Crippen molar-refractivity contribution in [1.82, 2.24) is 4.90 Å². The zero-order valence-electron chi connectivity index (χ0n) is 7.96. The number of amides is 1. The average molecular weight is 161 g/mol. The van der Waals surface area contributed by atoms with Crippen LogP contribution in [-0.4, -0.2) is 38.6 Å². The molecule has 0 N–H and O–H groups in total. The second-order valence-electron chi connectivity index (χ2n) is 2.29. The lowest BCUT2D eigenvalue weighted by molar-refractivity contribution is -0.117. The van der Waals surface area contributed by atoms with E-state index in [1.54, 1.807) is 14.2 Å². The molecule has 0 bridgehead atoms. The Morgan fingerprint density at radius 1 is 1.45 bits per heavy atom. The van der Waals surface area contributed by atoms with Crippen LogP contribution < -0.4 is 0 Å². The molecule has 0 aliphatic carbocycles. The summed E-state index contributed by atoms with van der Waals surface area (Å²) in [7, 11) is 3.32. The van der Waals surface area contributed by atoms with Gasteiger partial charge in [-0.3, -0.25) is 4.79 Å². The normalized spacial score (nSPS) is 8.00. The van der Waals surface area contributed by atoms with Gasteiger partial charge in [0, 0.05) is 20.7 Å². The van der Waals surface area contributed by atoms with Gasteiger partial charge in [-0.15, -0.1) is 0 Å². The number of nitrogens with zero attached hydrogens (tertiary/aromatic N) is 1. The van der Waals surface area contributed by atoms with Crippen LogP contribution in [0.1, 0.15) is 20.3 Å². The van der Waals surface area contributed by atoms with Crippen LogP contribution in [0.2, 0.25) is 0 Å². The summed E-state index contributed by atoms with van der Waals surface area (Å²) >= 11 is 0. The van der Waals surface area contributed by atoms with Crippen LogP contribution in [0.4, 0.5) is 0 Å². The lowest BCUT2D eigenvalue weighted by Gasteiger charge is -2.07. The SMILES string of the molecule is CCC.COCCN(C)C=O. The zero-order valence-corrected chi connectivity index (χ0v) is 7.96. The van der Waals surface area contributed by atoms with Crippen molar-refractivity contribution in [2.75, 3.05) is 27.3 Å². The number of hydrogen-bond donors (Lipinski definition) is 0. The van der Waals surface area contributed by atoms with E-state index in [0.717, 1.165) is 6.41 Å². The van der Waals surface area contributed by atoms with Gasteiger partial charge in [-0.05, 0) is 0 Å². The fraction of sp³-hybridized carbons (Fsp3) is 0.875. The molecular weight excluding hydrogens is 142 g/mol. The number of methoxy groups -OCH3 is 1. The molecule has 0 aromatic rings. The summed E-state index contributed by atoms with van der Waals surface area (Å²) in [5.74, 6) is 0. The molecule has 0 aliphatic heterocycles. The molecule has 0 rings (SSSR count). The molecule has 0 aliphatic rings. The first-order valence-electron chi connectivity index (χ1n) is 3.87. The Kier molecular flexibility index (Phi) is 14.4.